The predicted molar refractivity (Wildman–Crippen MR) is 112 cm³/mol. The van der Waals surface area contributed by atoms with Crippen molar-refractivity contribution >= 4 is 17.7 Å². The van der Waals surface area contributed by atoms with Crippen molar-refractivity contribution < 1.29 is 27.2 Å². The van der Waals surface area contributed by atoms with Gasteiger partial charge in [-0.05, 0) is 63.4 Å². The molecular weight excluding hydrogens is 447 g/mol. The van der Waals surface area contributed by atoms with E-state index >= 15 is 0 Å². The van der Waals surface area contributed by atoms with Gasteiger partial charge in [-0.2, -0.15) is 13.2 Å². The van der Waals surface area contributed by atoms with Crippen molar-refractivity contribution in [2.24, 2.45) is 0 Å². The van der Waals surface area contributed by atoms with Crippen LogP contribution in [0.4, 0.5) is 18.0 Å². The lowest BCUT2D eigenvalue weighted by Gasteiger charge is -2.44. The Labute approximate surface area is 189 Å². The van der Waals surface area contributed by atoms with E-state index in [-0.39, 0.29) is 5.54 Å². The summed E-state index contributed by atoms with van der Waals surface area (Å²) in [7, 11) is 0. The maximum absolute atomic E-state index is 12.7. The van der Waals surface area contributed by atoms with Gasteiger partial charge in [0.2, 0.25) is 0 Å². The number of likely N-dealkylation sites (tertiary alicyclic amines) is 2. The summed E-state index contributed by atoms with van der Waals surface area (Å²) < 4.78 is 48.2. The van der Waals surface area contributed by atoms with Gasteiger partial charge in [0.25, 0.3) is 0 Å². The zero-order valence-corrected chi connectivity index (χ0v) is 18.5. The van der Waals surface area contributed by atoms with Crippen LogP contribution in [-0.4, -0.2) is 58.5 Å². The van der Waals surface area contributed by atoms with E-state index in [1.165, 1.54) is 4.90 Å². The number of alkyl halides is 3. The van der Waals surface area contributed by atoms with Crippen LogP contribution in [0.25, 0.3) is 11.3 Å². The van der Waals surface area contributed by atoms with E-state index < -0.39 is 18.4 Å². The fourth-order valence-corrected chi connectivity index (χ4v) is 4.66. The number of carbonyl (C=O) groups is 1. The number of piperidine rings is 1. The molecule has 32 heavy (non-hydrogen) atoms. The summed E-state index contributed by atoms with van der Waals surface area (Å²) in [6.07, 6.45) is -4.20. The first kappa shape index (κ1) is 22.9. The zero-order chi connectivity index (χ0) is 22.9. The molecule has 1 spiro atoms. The number of halogens is 4. The molecule has 1 aromatic heterocycles. The fourth-order valence-electron chi connectivity index (χ4n) is 4.54. The number of amides is 1. The van der Waals surface area contributed by atoms with Crippen LogP contribution in [0.15, 0.2) is 34.9 Å². The monoisotopic (exact) mass is 471 g/mol. The van der Waals surface area contributed by atoms with Crippen LogP contribution in [0, 0.1) is 0 Å². The summed E-state index contributed by atoms with van der Waals surface area (Å²) in [4.78, 5) is 15.9. The average Bonchev–Trinajstić information content (AvgIpc) is 3.36. The molecule has 0 saturated carbocycles. The summed E-state index contributed by atoms with van der Waals surface area (Å²) in [5.74, 6) is 0.668. The van der Waals surface area contributed by atoms with Gasteiger partial charge in [-0.15, -0.1) is 0 Å². The second-order valence-corrected chi connectivity index (χ2v) is 8.93. The lowest BCUT2D eigenvalue weighted by atomic mass is 9.85. The van der Waals surface area contributed by atoms with E-state index in [4.69, 9.17) is 16.1 Å². The van der Waals surface area contributed by atoms with Crippen molar-refractivity contribution in [2.75, 3.05) is 19.6 Å². The van der Waals surface area contributed by atoms with Crippen molar-refractivity contribution in [1.29, 1.82) is 0 Å². The Morgan fingerprint density at radius 2 is 1.91 bits per heavy atom. The molecule has 0 N–H and O–H groups in total. The molecule has 2 aliphatic rings. The molecule has 3 heterocycles. The summed E-state index contributed by atoms with van der Waals surface area (Å²) in [6, 6.07) is 9.25. The second kappa shape index (κ2) is 8.94. The molecule has 0 radical (unpaired) electrons. The molecule has 1 atom stereocenters. The van der Waals surface area contributed by atoms with Crippen molar-refractivity contribution in [3.63, 3.8) is 0 Å². The highest BCUT2D eigenvalue weighted by atomic mass is 35.5. The van der Waals surface area contributed by atoms with Crippen molar-refractivity contribution in [3.8, 4) is 11.3 Å². The molecular formula is C22H25ClF3N3O3. The van der Waals surface area contributed by atoms with E-state index in [0.717, 1.165) is 37.6 Å². The number of aromatic nitrogens is 1. The minimum absolute atomic E-state index is 0.0915. The third-order valence-corrected chi connectivity index (χ3v) is 6.72. The molecule has 6 nitrogen and oxygen atoms in total. The molecule has 2 aliphatic heterocycles. The second-order valence-electron chi connectivity index (χ2n) is 8.49. The van der Waals surface area contributed by atoms with Crippen molar-refractivity contribution in [3.05, 3.63) is 41.0 Å². The topological polar surface area (TPSA) is 58.8 Å². The molecule has 0 aliphatic carbocycles. The SMILES string of the molecule is CC(OC(=O)N1CCC2(CCCN2Cc2cc(-c3ccc(Cl)cc3)on2)CC1)C(F)(F)F. The third-order valence-electron chi connectivity index (χ3n) is 6.47. The van der Waals surface area contributed by atoms with E-state index in [2.05, 4.69) is 14.8 Å². The molecule has 10 heteroatoms. The smallest absolute Gasteiger partial charge is 0.425 e. The van der Waals surface area contributed by atoms with Crippen LogP contribution in [0.3, 0.4) is 0 Å². The molecule has 2 saturated heterocycles. The van der Waals surface area contributed by atoms with Crippen LogP contribution in [0.2, 0.25) is 5.02 Å². The molecule has 2 fully saturated rings. The van der Waals surface area contributed by atoms with Crippen molar-refractivity contribution in [1.82, 2.24) is 15.0 Å². The Morgan fingerprint density at radius 1 is 1.22 bits per heavy atom. The molecule has 2 aromatic rings. The van der Waals surface area contributed by atoms with Crippen LogP contribution in [0.1, 0.15) is 38.3 Å². The largest absolute Gasteiger partial charge is 0.437 e. The number of rotatable bonds is 4. The van der Waals surface area contributed by atoms with Gasteiger partial charge in [0.15, 0.2) is 11.9 Å². The Balaban J connectivity index is 1.36. The minimum atomic E-state index is -4.56. The van der Waals surface area contributed by atoms with Gasteiger partial charge >= 0.3 is 12.3 Å². The first-order valence-electron chi connectivity index (χ1n) is 10.7. The van der Waals surface area contributed by atoms with E-state index in [1.807, 2.05) is 18.2 Å². The Kier molecular flexibility index (Phi) is 6.40. The number of hydrogen-bond acceptors (Lipinski definition) is 5. The first-order valence-corrected chi connectivity index (χ1v) is 11.0. The summed E-state index contributed by atoms with van der Waals surface area (Å²) in [5.41, 5.74) is 1.62. The standard InChI is InChI=1S/C22H25ClF3N3O3/c1-15(22(24,25)26)31-20(30)28-11-8-21(9-12-28)7-2-10-29(21)14-18-13-19(32-27-18)16-3-5-17(23)6-4-16/h3-6,13,15H,2,7-12,14H2,1H3. The minimum Gasteiger partial charge on any atom is -0.437 e. The van der Waals surface area contributed by atoms with Gasteiger partial charge in [0.05, 0.1) is 5.69 Å². The van der Waals surface area contributed by atoms with Gasteiger partial charge < -0.3 is 14.2 Å². The number of benzene rings is 1. The average molecular weight is 472 g/mol. The van der Waals surface area contributed by atoms with Crippen LogP contribution >= 0.6 is 11.6 Å². The first-order chi connectivity index (χ1) is 15.2. The summed E-state index contributed by atoms with van der Waals surface area (Å²) in [5, 5.41) is 4.86. The molecule has 4 rings (SSSR count). The van der Waals surface area contributed by atoms with Crippen molar-refractivity contribution in [2.45, 2.75) is 57.0 Å². The molecule has 1 aromatic carbocycles. The highest BCUT2D eigenvalue weighted by Gasteiger charge is 2.45. The zero-order valence-electron chi connectivity index (χ0n) is 17.7. The molecule has 1 unspecified atom stereocenters. The van der Waals surface area contributed by atoms with E-state index in [9.17, 15) is 18.0 Å². The van der Waals surface area contributed by atoms with E-state index in [1.54, 1.807) is 12.1 Å². The lowest BCUT2D eigenvalue weighted by molar-refractivity contribution is -0.200. The summed E-state index contributed by atoms with van der Waals surface area (Å²) in [6.45, 7) is 3.10. The Morgan fingerprint density at radius 3 is 2.56 bits per heavy atom. The number of carbonyl (C=O) groups excluding carboxylic acids is 1. The van der Waals surface area contributed by atoms with Gasteiger partial charge in [-0.1, -0.05) is 16.8 Å². The van der Waals surface area contributed by atoms with Crippen LogP contribution in [-0.2, 0) is 11.3 Å². The highest BCUT2D eigenvalue weighted by molar-refractivity contribution is 6.30. The third kappa shape index (κ3) is 4.88. The normalized spacial score (nSPS) is 20.0. The van der Waals surface area contributed by atoms with Gasteiger partial charge in [-0.3, -0.25) is 4.90 Å². The molecule has 1 amide bonds. The highest BCUT2D eigenvalue weighted by Crippen LogP contribution is 2.40. The Hall–Kier alpha value is -2.26. The number of nitrogens with zero attached hydrogens (tertiary/aromatic N) is 3. The molecule has 174 valence electrons. The fraction of sp³-hybridized carbons (Fsp3) is 0.545. The van der Waals surface area contributed by atoms with Gasteiger partial charge in [0, 0.05) is 41.8 Å². The maximum Gasteiger partial charge on any atom is 0.425 e. The molecule has 0 bridgehead atoms. The van der Waals surface area contributed by atoms with Crippen LogP contribution in [0.5, 0.6) is 0 Å². The maximum atomic E-state index is 12.7. The Bertz CT molecular complexity index is 940. The number of ether oxygens (including phenoxy) is 1. The van der Waals surface area contributed by atoms with Crippen LogP contribution < -0.4 is 0 Å². The predicted octanol–water partition coefficient (Wildman–Crippen LogP) is 5.51. The number of hydrogen-bond donors (Lipinski definition) is 0. The van der Waals surface area contributed by atoms with Gasteiger partial charge in [0.1, 0.15) is 0 Å². The van der Waals surface area contributed by atoms with Gasteiger partial charge in [-0.25, -0.2) is 4.79 Å². The van der Waals surface area contributed by atoms with E-state index in [0.29, 0.717) is 43.3 Å². The lowest BCUT2D eigenvalue weighted by Crippen LogP contribution is -2.53. The quantitative estimate of drug-likeness (QED) is 0.588. The summed E-state index contributed by atoms with van der Waals surface area (Å²) >= 11 is 5.94.